The summed E-state index contributed by atoms with van der Waals surface area (Å²) in [5.41, 5.74) is 1.16. The van der Waals surface area contributed by atoms with Crippen LogP contribution in [0.5, 0.6) is 5.75 Å². The predicted molar refractivity (Wildman–Crippen MR) is 80.1 cm³/mol. The fourth-order valence-corrected chi connectivity index (χ4v) is 2.73. The number of amides is 1. The first-order valence-electron chi connectivity index (χ1n) is 7.44. The molecule has 1 aromatic carbocycles. The number of phenolic OH excluding ortho intramolecular Hbond substituents is 1. The lowest BCUT2D eigenvalue weighted by atomic mass is 10.1. The molecule has 1 heterocycles. The Morgan fingerprint density at radius 1 is 1.50 bits per heavy atom. The number of hydrogen-bond donors (Lipinski definition) is 2. The third-order valence-corrected chi connectivity index (χ3v) is 3.85. The van der Waals surface area contributed by atoms with Gasteiger partial charge in [-0.05, 0) is 44.4 Å². The predicted octanol–water partition coefficient (Wildman–Crippen LogP) is 2.30. The Bertz CT molecular complexity index is 468. The van der Waals surface area contributed by atoms with Crippen LogP contribution in [-0.4, -0.2) is 41.6 Å². The molecule has 1 saturated heterocycles. The molecule has 1 amide bonds. The van der Waals surface area contributed by atoms with E-state index in [1.807, 2.05) is 24.0 Å². The molecular weight excluding hydrogens is 252 g/mol. The molecule has 0 spiro atoms. The summed E-state index contributed by atoms with van der Waals surface area (Å²) in [6, 6.07) is 5.72. The quantitative estimate of drug-likeness (QED) is 0.867. The normalized spacial score (nSPS) is 18.2. The number of benzene rings is 1. The number of nitrogens with zero attached hydrogens (tertiary/aromatic N) is 1. The van der Waals surface area contributed by atoms with E-state index in [1.165, 1.54) is 6.42 Å². The molecule has 0 aliphatic carbocycles. The lowest BCUT2D eigenvalue weighted by Gasteiger charge is -2.26. The monoisotopic (exact) mass is 276 g/mol. The fraction of sp³-hybridized carbons (Fsp3) is 0.562. The second-order valence-corrected chi connectivity index (χ2v) is 5.52. The zero-order chi connectivity index (χ0) is 14.5. The van der Waals surface area contributed by atoms with Gasteiger partial charge in [0.05, 0.1) is 5.56 Å². The number of hydrogen-bond acceptors (Lipinski definition) is 3. The molecule has 2 rings (SSSR count). The largest absolute Gasteiger partial charge is 0.507 e. The molecule has 0 radical (unpaired) electrons. The van der Waals surface area contributed by atoms with Crippen LogP contribution >= 0.6 is 0 Å². The number of aryl methyl sites for hydroxylation is 1. The van der Waals surface area contributed by atoms with Gasteiger partial charge in [0.1, 0.15) is 5.75 Å². The SMILES string of the molecule is CCCN(CC1CCCN1)C(=O)c1cccc(C)c1O. The van der Waals surface area contributed by atoms with E-state index >= 15 is 0 Å². The van der Waals surface area contributed by atoms with Gasteiger partial charge in [0.15, 0.2) is 0 Å². The molecule has 0 aromatic heterocycles. The molecule has 4 nitrogen and oxygen atoms in total. The summed E-state index contributed by atoms with van der Waals surface area (Å²) in [4.78, 5) is 14.5. The number of rotatable bonds is 5. The van der Waals surface area contributed by atoms with E-state index in [2.05, 4.69) is 12.2 Å². The second-order valence-electron chi connectivity index (χ2n) is 5.52. The van der Waals surface area contributed by atoms with Crippen molar-refractivity contribution in [3.05, 3.63) is 29.3 Å². The van der Waals surface area contributed by atoms with E-state index in [1.54, 1.807) is 6.07 Å². The van der Waals surface area contributed by atoms with Crippen molar-refractivity contribution in [1.82, 2.24) is 10.2 Å². The topological polar surface area (TPSA) is 52.6 Å². The zero-order valence-electron chi connectivity index (χ0n) is 12.4. The lowest BCUT2D eigenvalue weighted by Crippen LogP contribution is -2.41. The van der Waals surface area contributed by atoms with Crippen LogP contribution in [-0.2, 0) is 0 Å². The molecule has 0 saturated carbocycles. The first-order valence-corrected chi connectivity index (χ1v) is 7.44. The summed E-state index contributed by atoms with van der Waals surface area (Å²) in [5, 5.41) is 13.5. The van der Waals surface area contributed by atoms with Gasteiger partial charge in [-0.15, -0.1) is 0 Å². The molecule has 1 unspecified atom stereocenters. The Morgan fingerprint density at radius 3 is 2.95 bits per heavy atom. The number of carbonyl (C=O) groups is 1. The standard InChI is InChI=1S/C16H24N2O2/c1-3-10-18(11-13-7-5-9-17-13)16(20)14-8-4-6-12(2)15(14)19/h4,6,8,13,17,19H,3,5,7,9-11H2,1-2H3. The Morgan fingerprint density at radius 2 is 2.30 bits per heavy atom. The summed E-state index contributed by atoms with van der Waals surface area (Å²) in [6.45, 7) is 6.37. The van der Waals surface area contributed by atoms with Crippen LogP contribution in [0.4, 0.5) is 0 Å². The summed E-state index contributed by atoms with van der Waals surface area (Å²) >= 11 is 0. The number of carbonyl (C=O) groups excluding carboxylic acids is 1. The molecule has 1 aliphatic heterocycles. The van der Waals surface area contributed by atoms with Crippen LogP contribution in [0.2, 0.25) is 0 Å². The van der Waals surface area contributed by atoms with Crippen molar-refractivity contribution < 1.29 is 9.90 Å². The van der Waals surface area contributed by atoms with Crippen LogP contribution in [0.15, 0.2) is 18.2 Å². The highest BCUT2D eigenvalue weighted by atomic mass is 16.3. The minimum atomic E-state index is -0.0678. The Hall–Kier alpha value is -1.55. The molecular formula is C16H24N2O2. The first-order chi connectivity index (χ1) is 9.63. The van der Waals surface area contributed by atoms with Crippen molar-refractivity contribution in [3.8, 4) is 5.75 Å². The molecule has 110 valence electrons. The molecule has 1 atom stereocenters. The van der Waals surface area contributed by atoms with Gasteiger partial charge in [-0.2, -0.15) is 0 Å². The van der Waals surface area contributed by atoms with E-state index in [9.17, 15) is 9.90 Å². The van der Waals surface area contributed by atoms with Crippen molar-refractivity contribution in [2.24, 2.45) is 0 Å². The fourth-order valence-electron chi connectivity index (χ4n) is 2.73. The average molecular weight is 276 g/mol. The minimum absolute atomic E-state index is 0.0678. The maximum Gasteiger partial charge on any atom is 0.257 e. The molecule has 1 aliphatic rings. The Balaban J connectivity index is 2.14. The van der Waals surface area contributed by atoms with Gasteiger partial charge in [-0.25, -0.2) is 0 Å². The van der Waals surface area contributed by atoms with Gasteiger partial charge in [0.2, 0.25) is 0 Å². The maximum absolute atomic E-state index is 12.6. The third-order valence-electron chi connectivity index (χ3n) is 3.85. The van der Waals surface area contributed by atoms with Crippen LogP contribution in [0, 0.1) is 6.92 Å². The summed E-state index contributed by atoms with van der Waals surface area (Å²) in [7, 11) is 0. The molecule has 0 bridgehead atoms. The lowest BCUT2D eigenvalue weighted by molar-refractivity contribution is 0.0738. The van der Waals surface area contributed by atoms with Gasteiger partial charge in [0.25, 0.3) is 5.91 Å². The molecule has 1 aromatic rings. The number of phenols is 1. The molecule has 2 N–H and O–H groups in total. The highest BCUT2D eigenvalue weighted by Crippen LogP contribution is 2.23. The van der Waals surface area contributed by atoms with Gasteiger partial charge in [-0.3, -0.25) is 4.79 Å². The highest BCUT2D eigenvalue weighted by Gasteiger charge is 2.23. The highest BCUT2D eigenvalue weighted by molar-refractivity contribution is 5.97. The van der Waals surface area contributed by atoms with Crippen molar-refractivity contribution >= 4 is 5.91 Å². The zero-order valence-corrected chi connectivity index (χ0v) is 12.4. The summed E-state index contributed by atoms with van der Waals surface area (Å²) in [6.07, 6.45) is 3.22. The van der Waals surface area contributed by atoms with E-state index in [0.29, 0.717) is 11.6 Å². The van der Waals surface area contributed by atoms with E-state index in [0.717, 1.165) is 38.0 Å². The Labute approximate surface area is 120 Å². The molecule has 1 fully saturated rings. The average Bonchev–Trinajstić information content (AvgIpc) is 2.94. The van der Waals surface area contributed by atoms with Gasteiger partial charge >= 0.3 is 0 Å². The molecule has 20 heavy (non-hydrogen) atoms. The van der Waals surface area contributed by atoms with Crippen LogP contribution in [0.1, 0.15) is 42.1 Å². The second kappa shape index (κ2) is 6.75. The van der Waals surface area contributed by atoms with Gasteiger partial charge in [0, 0.05) is 19.1 Å². The van der Waals surface area contributed by atoms with Crippen LogP contribution < -0.4 is 5.32 Å². The van der Waals surface area contributed by atoms with Crippen molar-refractivity contribution in [2.75, 3.05) is 19.6 Å². The first kappa shape index (κ1) is 14.9. The van der Waals surface area contributed by atoms with Crippen molar-refractivity contribution in [3.63, 3.8) is 0 Å². The number of aromatic hydroxyl groups is 1. The smallest absolute Gasteiger partial charge is 0.257 e. The Kier molecular flexibility index (Phi) is 5.01. The maximum atomic E-state index is 12.6. The van der Waals surface area contributed by atoms with Crippen LogP contribution in [0.25, 0.3) is 0 Å². The van der Waals surface area contributed by atoms with Gasteiger partial charge < -0.3 is 15.3 Å². The molecule has 4 heteroatoms. The van der Waals surface area contributed by atoms with Crippen molar-refractivity contribution in [1.29, 1.82) is 0 Å². The van der Waals surface area contributed by atoms with E-state index < -0.39 is 0 Å². The number of nitrogens with one attached hydrogen (secondary N) is 1. The van der Waals surface area contributed by atoms with Crippen LogP contribution in [0.3, 0.4) is 0 Å². The van der Waals surface area contributed by atoms with E-state index in [4.69, 9.17) is 0 Å². The summed E-state index contributed by atoms with van der Waals surface area (Å²) < 4.78 is 0. The minimum Gasteiger partial charge on any atom is -0.507 e. The third kappa shape index (κ3) is 3.31. The number of para-hydroxylation sites is 1. The van der Waals surface area contributed by atoms with Crippen molar-refractivity contribution in [2.45, 2.75) is 39.2 Å². The van der Waals surface area contributed by atoms with E-state index in [-0.39, 0.29) is 11.7 Å². The summed E-state index contributed by atoms with van der Waals surface area (Å²) in [5.74, 6) is 0.0414. The van der Waals surface area contributed by atoms with Gasteiger partial charge in [-0.1, -0.05) is 19.1 Å².